The first-order valence-corrected chi connectivity index (χ1v) is 8.55. The van der Waals surface area contributed by atoms with E-state index in [0.717, 1.165) is 5.69 Å². The molecule has 0 aliphatic carbocycles. The van der Waals surface area contributed by atoms with E-state index < -0.39 is 4.92 Å². The van der Waals surface area contributed by atoms with Gasteiger partial charge in [0.2, 0.25) is 0 Å². The van der Waals surface area contributed by atoms with Crippen molar-refractivity contribution in [1.82, 2.24) is 4.98 Å². The van der Waals surface area contributed by atoms with Crippen LogP contribution >= 0.6 is 0 Å². The Morgan fingerprint density at radius 2 is 2.21 bits per heavy atom. The molecule has 0 radical (unpaired) electrons. The van der Waals surface area contributed by atoms with E-state index in [4.69, 9.17) is 9.15 Å². The molecular weight excluding hydrogens is 374 g/mol. The number of hydrogen-bond donors (Lipinski definition) is 1. The highest BCUT2D eigenvalue weighted by molar-refractivity contribution is 5.78. The number of furan rings is 1. The second-order valence-corrected chi connectivity index (χ2v) is 6.07. The van der Waals surface area contributed by atoms with E-state index in [1.807, 2.05) is 6.92 Å². The molecule has 0 atom stereocenters. The first-order chi connectivity index (χ1) is 14.0. The summed E-state index contributed by atoms with van der Waals surface area (Å²) in [7, 11) is 1.55. The smallest absolute Gasteiger partial charge is 0.270 e. The normalized spacial score (nSPS) is 10.8. The maximum atomic E-state index is 10.9. The predicted molar refractivity (Wildman–Crippen MR) is 106 cm³/mol. The minimum atomic E-state index is -0.460. The van der Waals surface area contributed by atoms with Gasteiger partial charge in [-0.05, 0) is 25.1 Å². The molecule has 29 heavy (non-hydrogen) atoms. The topological polar surface area (TPSA) is 127 Å². The molecular formula is C20H17N5O4. The fourth-order valence-electron chi connectivity index (χ4n) is 2.72. The monoisotopic (exact) mass is 391 g/mol. The van der Waals surface area contributed by atoms with Crippen LogP contribution in [0.25, 0.3) is 11.3 Å². The van der Waals surface area contributed by atoms with Crippen LogP contribution < -0.4 is 5.43 Å². The fourth-order valence-corrected chi connectivity index (χ4v) is 2.72. The standard InChI is InChI=1S/C20H17N5O4/c1-13-8-15(12-28-2)18(10-21)20(23-13)24-22-11-17-6-7-19(29-17)14-4-3-5-16(9-14)25(26)27/h3-9,11H,12H2,1-2H3,(H,23,24). The van der Waals surface area contributed by atoms with Crippen molar-refractivity contribution in [3.05, 3.63) is 75.2 Å². The Morgan fingerprint density at radius 3 is 2.93 bits per heavy atom. The first kappa shape index (κ1) is 19.7. The van der Waals surface area contributed by atoms with Crippen LogP contribution in [0.4, 0.5) is 11.5 Å². The van der Waals surface area contributed by atoms with Crippen molar-refractivity contribution < 1.29 is 14.1 Å². The maximum Gasteiger partial charge on any atom is 0.270 e. The molecule has 1 N–H and O–H groups in total. The number of hydrazone groups is 1. The number of hydrogen-bond acceptors (Lipinski definition) is 8. The highest BCUT2D eigenvalue weighted by Crippen LogP contribution is 2.25. The summed E-state index contributed by atoms with van der Waals surface area (Å²) in [6.07, 6.45) is 1.43. The van der Waals surface area contributed by atoms with Gasteiger partial charge >= 0.3 is 0 Å². The molecule has 0 saturated carbocycles. The SMILES string of the molecule is COCc1cc(C)nc(NN=Cc2ccc(-c3cccc([N+](=O)[O-])c3)o2)c1C#N. The number of anilines is 1. The van der Waals surface area contributed by atoms with Crippen molar-refractivity contribution in [1.29, 1.82) is 5.26 Å². The van der Waals surface area contributed by atoms with Gasteiger partial charge < -0.3 is 9.15 Å². The second-order valence-electron chi connectivity index (χ2n) is 6.07. The number of nitrogens with one attached hydrogen (secondary N) is 1. The molecule has 0 amide bonds. The molecule has 3 aromatic rings. The van der Waals surface area contributed by atoms with Gasteiger partial charge in [-0.15, -0.1) is 0 Å². The van der Waals surface area contributed by atoms with Gasteiger partial charge in [-0.3, -0.25) is 15.5 Å². The van der Waals surface area contributed by atoms with Crippen LogP contribution in [-0.2, 0) is 11.3 Å². The number of rotatable bonds is 7. The summed E-state index contributed by atoms with van der Waals surface area (Å²) in [6, 6.07) is 13.4. The largest absolute Gasteiger partial charge is 0.455 e. The molecule has 9 nitrogen and oxygen atoms in total. The molecule has 3 rings (SSSR count). The number of methoxy groups -OCH3 is 1. The fraction of sp³-hybridized carbons (Fsp3) is 0.150. The third kappa shape index (κ3) is 4.63. The molecule has 0 saturated heterocycles. The zero-order valence-corrected chi connectivity index (χ0v) is 15.7. The van der Waals surface area contributed by atoms with E-state index in [1.54, 1.807) is 37.4 Å². The number of ether oxygens (including phenoxy) is 1. The van der Waals surface area contributed by atoms with Crippen LogP contribution in [-0.4, -0.2) is 23.2 Å². The van der Waals surface area contributed by atoms with Gasteiger partial charge in [0.05, 0.1) is 17.7 Å². The Kier molecular flexibility index (Phi) is 5.97. The minimum Gasteiger partial charge on any atom is -0.455 e. The molecule has 146 valence electrons. The second kappa shape index (κ2) is 8.77. The lowest BCUT2D eigenvalue weighted by molar-refractivity contribution is -0.384. The molecule has 0 bridgehead atoms. The number of benzene rings is 1. The summed E-state index contributed by atoms with van der Waals surface area (Å²) in [4.78, 5) is 14.8. The Hall–Kier alpha value is -4.03. The number of nitrogens with zero attached hydrogens (tertiary/aromatic N) is 4. The van der Waals surface area contributed by atoms with Gasteiger partial charge in [0.25, 0.3) is 5.69 Å². The van der Waals surface area contributed by atoms with E-state index in [0.29, 0.717) is 34.0 Å². The molecule has 9 heteroatoms. The molecule has 0 aliphatic heterocycles. The Balaban J connectivity index is 1.78. The lowest BCUT2D eigenvalue weighted by atomic mass is 10.1. The van der Waals surface area contributed by atoms with E-state index in [1.165, 1.54) is 18.3 Å². The maximum absolute atomic E-state index is 10.9. The van der Waals surface area contributed by atoms with Gasteiger partial charge in [0.1, 0.15) is 23.2 Å². The van der Waals surface area contributed by atoms with Crippen molar-refractivity contribution in [2.75, 3.05) is 12.5 Å². The average molecular weight is 391 g/mol. The number of nitro groups is 1. The van der Waals surface area contributed by atoms with E-state index in [9.17, 15) is 15.4 Å². The van der Waals surface area contributed by atoms with E-state index in [-0.39, 0.29) is 12.3 Å². The lowest BCUT2D eigenvalue weighted by Gasteiger charge is -2.08. The average Bonchev–Trinajstić information content (AvgIpc) is 3.17. The van der Waals surface area contributed by atoms with Crippen LogP contribution in [0.2, 0.25) is 0 Å². The molecule has 2 aromatic heterocycles. The van der Waals surface area contributed by atoms with Crippen LogP contribution in [0, 0.1) is 28.4 Å². The van der Waals surface area contributed by atoms with Crippen molar-refractivity contribution >= 4 is 17.7 Å². The van der Waals surface area contributed by atoms with Gasteiger partial charge in [0.15, 0.2) is 5.82 Å². The summed E-state index contributed by atoms with van der Waals surface area (Å²) in [5.74, 6) is 1.23. The zero-order chi connectivity index (χ0) is 20.8. The van der Waals surface area contributed by atoms with E-state index in [2.05, 4.69) is 21.6 Å². The lowest BCUT2D eigenvalue weighted by Crippen LogP contribution is -2.03. The summed E-state index contributed by atoms with van der Waals surface area (Å²) < 4.78 is 10.8. The Morgan fingerprint density at radius 1 is 1.38 bits per heavy atom. The van der Waals surface area contributed by atoms with Gasteiger partial charge in [-0.25, -0.2) is 4.98 Å². The first-order valence-electron chi connectivity index (χ1n) is 8.55. The number of non-ortho nitro benzene ring substituents is 1. The highest BCUT2D eigenvalue weighted by atomic mass is 16.6. The van der Waals surface area contributed by atoms with Crippen molar-refractivity contribution in [3.63, 3.8) is 0 Å². The Bertz CT molecular complexity index is 1110. The quantitative estimate of drug-likeness (QED) is 0.366. The van der Waals surface area contributed by atoms with Crippen LogP contribution in [0.1, 0.15) is 22.6 Å². The van der Waals surface area contributed by atoms with Gasteiger partial charge in [-0.1, -0.05) is 12.1 Å². The van der Waals surface area contributed by atoms with Crippen LogP contribution in [0.5, 0.6) is 0 Å². The molecule has 0 spiro atoms. The van der Waals surface area contributed by atoms with Gasteiger partial charge in [-0.2, -0.15) is 10.4 Å². The van der Waals surface area contributed by atoms with Crippen molar-refractivity contribution in [3.8, 4) is 17.4 Å². The minimum absolute atomic E-state index is 0.0165. The highest BCUT2D eigenvalue weighted by Gasteiger charge is 2.12. The summed E-state index contributed by atoms with van der Waals surface area (Å²) in [6.45, 7) is 2.10. The third-order valence-electron chi connectivity index (χ3n) is 3.97. The molecule has 0 fully saturated rings. The number of aromatic nitrogens is 1. The number of aryl methyl sites for hydroxylation is 1. The number of nitro benzene ring substituents is 1. The van der Waals surface area contributed by atoms with E-state index >= 15 is 0 Å². The van der Waals surface area contributed by atoms with Crippen LogP contribution in [0.15, 0.2) is 52.0 Å². The molecule has 0 aliphatic rings. The predicted octanol–water partition coefficient (Wildman–Crippen LogP) is 4.02. The number of pyridine rings is 1. The summed E-state index contributed by atoms with van der Waals surface area (Å²) in [5.41, 5.74) is 5.12. The molecule has 1 aromatic carbocycles. The van der Waals surface area contributed by atoms with Crippen molar-refractivity contribution in [2.24, 2.45) is 5.10 Å². The van der Waals surface area contributed by atoms with Crippen LogP contribution in [0.3, 0.4) is 0 Å². The zero-order valence-electron chi connectivity index (χ0n) is 15.7. The van der Waals surface area contributed by atoms with Gasteiger partial charge in [0, 0.05) is 36.1 Å². The summed E-state index contributed by atoms with van der Waals surface area (Å²) in [5, 5.41) is 24.4. The third-order valence-corrected chi connectivity index (χ3v) is 3.97. The number of nitriles is 1. The Labute approximate surface area is 166 Å². The summed E-state index contributed by atoms with van der Waals surface area (Å²) >= 11 is 0. The molecule has 0 unspecified atom stereocenters. The molecule has 2 heterocycles. The van der Waals surface area contributed by atoms with Crippen molar-refractivity contribution in [2.45, 2.75) is 13.5 Å².